The topological polar surface area (TPSA) is 88.6 Å². The summed E-state index contributed by atoms with van der Waals surface area (Å²) < 4.78 is 30.6. The monoisotopic (exact) mass is 419 g/mol. The highest BCUT2D eigenvalue weighted by atomic mass is 35.5. The summed E-state index contributed by atoms with van der Waals surface area (Å²) in [6, 6.07) is 6.56. The first-order valence-electron chi connectivity index (χ1n) is 8.70. The number of nitrogens with zero attached hydrogens (tertiary/aromatic N) is 2. The number of para-hydroxylation sites is 1. The molecule has 2 heterocycles. The Labute approximate surface area is 168 Å². The third-order valence-corrected chi connectivity index (χ3v) is 5.28. The van der Waals surface area contributed by atoms with E-state index in [9.17, 15) is 23.5 Å². The van der Waals surface area contributed by atoms with Crippen molar-refractivity contribution in [3.8, 4) is 5.69 Å². The lowest BCUT2D eigenvalue weighted by atomic mass is 9.92. The number of fused-ring (bicyclic) bond motifs is 1. The minimum atomic E-state index is -1.51. The second kappa shape index (κ2) is 6.53. The predicted octanol–water partition coefficient (Wildman–Crippen LogP) is 3.16. The van der Waals surface area contributed by atoms with Crippen molar-refractivity contribution in [1.82, 2.24) is 4.57 Å². The summed E-state index contributed by atoms with van der Waals surface area (Å²) in [5, 5.41) is 9.02. The number of nitrogens with two attached hydrogens (primary N) is 1. The van der Waals surface area contributed by atoms with Crippen LogP contribution in [0, 0.1) is 11.6 Å². The van der Waals surface area contributed by atoms with Gasteiger partial charge >= 0.3 is 5.97 Å². The summed E-state index contributed by atoms with van der Waals surface area (Å²) in [5.41, 5.74) is 4.00. The normalized spacial score (nSPS) is 15.4. The zero-order chi connectivity index (χ0) is 21.1. The molecule has 0 unspecified atom stereocenters. The van der Waals surface area contributed by atoms with E-state index in [2.05, 4.69) is 0 Å². The Kier molecular flexibility index (Phi) is 4.36. The zero-order valence-corrected chi connectivity index (χ0v) is 16.0. The number of carboxylic acid groups (broad SMARTS) is 1. The van der Waals surface area contributed by atoms with Gasteiger partial charge in [0.25, 0.3) is 0 Å². The average Bonchev–Trinajstić information content (AvgIpc) is 2.61. The Balaban J connectivity index is 2.10. The minimum absolute atomic E-state index is 0.0215. The third-order valence-electron chi connectivity index (χ3n) is 4.92. The number of carbonyl (C=O) groups is 1. The summed E-state index contributed by atoms with van der Waals surface area (Å²) >= 11 is 6.51. The number of carboxylic acids is 1. The van der Waals surface area contributed by atoms with E-state index in [1.165, 1.54) is 22.8 Å². The van der Waals surface area contributed by atoms with Crippen LogP contribution in [0.2, 0.25) is 5.02 Å². The fraction of sp³-hybridized carbons (Fsp3) is 0.200. The van der Waals surface area contributed by atoms with Gasteiger partial charge < -0.3 is 20.3 Å². The number of rotatable bonds is 3. The first-order chi connectivity index (χ1) is 13.6. The molecule has 0 aliphatic carbocycles. The van der Waals surface area contributed by atoms with Crippen molar-refractivity contribution < 1.29 is 18.7 Å². The van der Waals surface area contributed by atoms with Gasteiger partial charge in [-0.2, -0.15) is 0 Å². The molecule has 4 rings (SSSR count). The fourth-order valence-corrected chi connectivity index (χ4v) is 4.07. The van der Waals surface area contributed by atoms with E-state index in [1.54, 1.807) is 11.0 Å². The van der Waals surface area contributed by atoms with Crippen LogP contribution in [0.1, 0.15) is 17.3 Å². The number of hydrogen-bond donors (Lipinski definition) is 2. The van der Waals surface area contributed by atoms with Crippen LogP contribution in [0.25, 0.3) is 16.6 Å². The van der Waals surface area contributed by atoms with Gasteiger partial charge in [-0.1, -0.05) is 23.7 Å². The molecule has 1 saturated heterocycles. The molecule has 1 aliphatic rings. The van der Waals surface area contributed by atoms with Crippen molar-refractivity contribution in [2.45, 2.75) is 12.5 Å². The first kappa shape index (κ1) is 19.4. The van der Waals surface area contributed by atoms with Crippen LogP contribution in [0.4, 0.5) is 14.5 Å². The maximum Gasteiger partial charge on any atom is 0.341 e. The SMILES string of the molecule is CC1(N)CN(c2c(F)cc3c(=O)c(C(=O)O)cn(-c4ccccc4F)c3c2Cl)C1. The van der Waals surface area contributed by atoms with Crippen molar-refractivity contribution >= 4 is 34.2 Å². The van der Waals surface area contributed by atoms with Crippen LogP contribution in [0.15, 0.2) is 41.3 Å². The van der Waals surface area contributed by atoms with Gasteiger partial charge in [-0.25, -0.2) is 13.6 Å². The molecule has 29 heavy (non-hydrogen) atoms. The highest BCUT2D eigenvalue weighted by molar-refractivity contribution is 6.38. The maximum atomic E-state index is 14.9. The van der Waals surface area contributed by atoms with Crippen LogP contribution >= 0.6 is 11.6 Å². The molecule has 0 amide bonds. The largest absolute Gasteiger partial charge is 0.477 e. The molecule has 1 aromatic heterocycles. The second-order valence-electron chi connectivity index (χ2n) is 7.43. The van der Waals surface area contributed by atoms with Crippen LogP contribution in [-0.2, 0) is 0 Å². The van der Waals surface area contributed by atoms with Crippen LogP contribution in [-0.4, -0.2) is 34.3 Å². The Morgan fingerprint density at radius 1 is 1.24 bits per heavy atom. The van der Waals surface area contributed by atoms with E-state index in [4.69, 9.17) is 17.3 Å². The lowest BCUT2D eigenvalue weighted by Crippen LogP contribution is -2.65. The third kappa shape index (κ3) is 3.04. The molecule has 0 saturated carbocycles. The van der Waals surface area contributed by atoms with Gasteiger partial charge in [-0.05, 0) is 25.1 Å². The number of halogens is 3. The van der Waals surface area contributed by atoms with E-state index in [0.29, 0.717) is 13.1 Å². The number of benzene rings is 2. The van der Waals surface area contributed by atoms with Crippen molar-refractivity contribution in [2.75, 3.05) is 18.0 Å². The van der Waals surface area contributed by atoms with Crippen molar-refractivity contribution in [3.05, 3.63) is 69.0 Å². The molecule has 0 atom stereocenters. The first-order valence-corrected chi connectivity index (χ1v) is 9.08. The number of pyridine rings is 1. The van der Waals surface area contributed by atoms with Gasteiger partial charge in [0.05, 0.1) is 27.3 Å². The molecule has 1 aliphatic heterocycles. The van der Waals surface area contributed by atoms with E-state index >= 15 is 0 Å². The van der Waals surface area contributed by atoms with Crippen LogP contribution < -0.4 is 16.1 Å². The number of aromatic nitrogens is 1. The van der Waals surface area contributed by atoms with E-state index in [1.807, 2.05) is 6.92 Å². The van der Waals surface area contributed by atoms with Gasteiger partial charge in [0.2, 0.25) is 5.43 Å². The van der Waals surface area contributed by atoms with Crippen molar-refractivity contribution in [1.29, 1.82) is 0 Å². The highest BCUT2D eigenvalue weighted by Crippen LogP contribution is 2.39. The molecule has 9 heteroatoms. The lowest BCUT2D eigenvalue weighted by molar-refractivity contribution is 0.0695. The Bertz CT molecular complexity index is 1230. The molecule has 6 nitrogen and oxygen atoms in total. The summed E-state index contributed by atoms with van der Waals surface area (Å²) in [7, 11) is 0. The van der Waals surface area contributed by atoms with Gasteiger partial charge in [0, 0.05) is 24.8 Å². The summed E-state index contributed by atoms with van der Waals surface area (Å²) in [5.74, 6) is -2.95. The standard InChI is InChI=1S/C20H16ClF2N3O3/c1-20(24)8-25(9-20)17-13(23)6-10-16(15(17)21)26(7-11(18(10)27)19(28)29)14-5-3-2-4-12(14)22/h2-7H,8-9,24H2,1H3,(H,28,29). The molecule has 0 spiro atoms. The molecule has 2 aromatic carbocycles. The molecule has 1 fully saturated rings. The Morgan fingerprint density at radius 2 is 1.90 bits per heavy atom. The van der Waals surface area contributed by atoms with E-state index in [0.717, 1.165) is 12.3 Å². The lowest BCUT2D eigenvalue weighted by Gasteiger charge is -2.47. The molecule has 3 aromatic rings. The highest BCUT2D eigenvalue weighted by Gasteiger charge is 2.38. The predicted molar refractivity (Wildman–Crippen MR) is 106 cm³/mol. The quantitative estimate of drug-likeness (QED) is 0.680. The Morgan fingerprint density at radius 3 is 2.48 bits per heavy atom. The van der Waals surface area contributed by atoms with Crippen molar-refractivity contribution in [2.24, 2.45) is 5.73 Å². The average molecular weight is 420 g/mol. The minimum Gasteiger partial charge on any atom is -0.477 e. The van der Waals surface area contributed by atoms with E-state index < -0.39 is 34.1 Å². The summed E-state index contributed by atoms with van der Waals surface area (Å²) in [6.45, 7) is 2.49. The molecule has 0 bridgehead atoms. The van der Waals surface area contributed by atoms with Crippen LogP contribution in [0.5, 0.6) is 0 Å². The molecular weight excluding hydrogens is 404 g/mol. The van der Waals surface area contributed by atoms with Gasteiger partial charge in [0.15, 0.2) is 0 Å². The van der Waals surface area contributed by atoms with Gasteiger partial charge in [-0.3, -0.25) is 4.79 Å². The zero-order valence-electron chi connectivity index (χ0n) is 15.2. The summed E-state index contributed by atoms with van der Waals surface area (Å²) in [6.07, 6.45) is 1.00. The fourth-order valence-electron chi connectivity index (χ4n) is 3.67. The second-order valence-corrected chi connectivity index (χ2v) is 7.80. The van der Waals surface area contributed by atoms with Crippen molar-refractivity contribution in [3.63, 3.8) is 0 Å². The van der Waals surface area contributed by atoms with Gasteiger partial charge in [-0.15, -0.1) is 0 Å². The smallest absolute Gasteiger partial charge is 0.341 e. The number of aromatic carboxylic acids is 1. The maximum absolute atomic E-state index is 14.9. The molecular formula is C20H16ClF2N3O3. The molecule has 0 radical (unpaired) electrons. The molecule has 3 N–H and O–H groups in total. The van der Waals surface area contributed by atoms with Gasteiger partial charge in [0.1, 0.15) is 17.2 Å². The number of anilines is 1. The molecule has 150 valence electrons. The van der Waals surface area contributed by atoms with Crippen LogP contribution in [0.3, 0.4) is 0 Å². The summed E-state index contributed by atoms with van der Waals surface area (Å²) in [4.78, 5) is 25.8. The van der Waals surface area contributed by atoms with E-state index in [-0.39, 0.29) is 27.3 Å². The number of hydrogen-bond acceptors (Lipinski definition) is 4. The Hall–Kier alpha value is -2.97.